The van der Waals surface area contributed by atoms with Crippen molar-refractivity contribution in [2.24, 2.45) is 0 Å². The van der Waals surface area contributed by atoms with Crippen LogP contribution in [0.15, 0.2) is 45.9 Å². The molecule has 26 heavy (non-hydrogen) atoms. The molecule has 1 aromatic heterocycles. The van der Waals surface area contributed by atoms with Crippen molar-refractivity contribution in [3.63, 3.8) is 0 Å². The Morgan fingerprint density at radius 3 is 2.46 bits per heavy atom. The third kappa shape index (κ3) is 3.30. The van der Waals surface area contributed by atoms with E-state index in [0.29, 0.717) is 6.07 Å². The summed E-state index contributed by atoms with van der Waals surface area (Å²) < 4.78 is 44.8. The van der Waals surface area contributed by atoms with Crippen LogP contribution in [-0.4, -0.2) is 54.6 Å². The molecule has 1 fully saturated rings. The van der Waals surface area contributed by atoms with Crippen LogP contribution in [0.25, 0.3) is 0 Å². The standard InChI is InChI=1S/C15H14FN3O6S/c16-12-4-3-11(10-13(12)19(21)22)26(23,24)18-7-5-17(6-8-18)15(20)14-2-1-9-25-14/h1-4,9-10H,5-8H2. The fourth-order valence-electron chi connectivity index (χ4n) is 2.63. The molecule has 0 unspecified atom stereocenters. The van der Waals surface area contributed by atoms with Crippen LogP contribution in [0.2, 0.25) is 0 Å². The first-order valence-electron chi connectivity index (χ1n) is 7.57. The predicted molar refractivity (Wildman–Crippen MR) is 86.4 cm³/mol. The molecule has 138 valence electrons. The van der Waals surface area contributed by atoms with E-state index < -0.39 is 26.5 Å². The van der Waals surface area contributed by atoms with Crippen LogP contribution < -0.4 is 0 Å². The molecule has 0 spiro atoms. The number of sulfonamides is 1. The Morgan fingerprint density at radius 1 is 1.19 bits per heavy atom. The maximum atomic E-state index is 13.4. The lowest BCUT2D eigenvalue weighted by atomic mass is 10.3. The van der Waals surface area contributed by atoms with Crippen LogP contribution in [-0.2, 0) is 10.0 Å². The van der Waals surface area contributed by atoms with Crippen LogP contribution in [0.3, 0.4) is 0 Å². The Hall–Kier alpha value is -2.79. The molecule has 0 bridgehead atoms. The van der Waals surface area contributed by atoms with Crippen LogP contribution in [0.4, 0.5) is 10.1 Å². The van der Waals surface area contributed by atoms with Gasteiger partial charge in [0.2, 0.25) is 15.8 Å². The summed E-state index contributed by atoms with van der Waals surface area (Å²) in [6.07, 6.45) is 1.37. The highest BCUT2D eigenvalue weighted by atomic mass is 32.2. The van der Waals surface area contributed by atoms with Crippen molar-refractivity contribution < 1.29 is 26.9 Å². The van der Waals surface area contributed by atoms with Crippen LogP contribution >= 0.6 is 0 Å². The number of halogens is 1. The number of hydrogen-bond donors (Lipinski definition) is 0. The largest absolute Gasteiger partial charge is 0.459 e. The zero-order valence-corrected chi connectivity index (χ0v) is 14.2. The van der Waals surface area contributed by atoms with Crippen molar-refractivity contribution in [2.45, 2.75) is 4.90 Å². The van der Waals surface area contributed by atoms with Gasteiger partial charge in [0.05, 0.1) is 16.1 Å². The number of nitro benzene ring substituents is 1. The first-order valence-corrected chi connectivity index (χ1v) is 9.01. The minimum atomic E-state index is -4.04. The SMILES string of the molecule is O=C(c1ccco1)N1CCN(S(=O)(=O)c2ccc(F)c([N+](=O)[O-])c2)CC1. The number of amides is 1. The number of piperazine rings is 1. The summed E-state index contributed by atoms with van der Waals surface area (Å²) in [5.41, 5.74) is -0.905. The van der Waals surface area contributed by atoms with E-state index in [0.717, 1.165) is 16.4 Å². The normalized spacial score (nSPS) is 15.8. The fraction of sp³-hybridized carbons (Fsp3) is 0.267. The molecule has 0 radical (unpaired) electrons. The lowest BCUT2D eigenvalue weighted by Gasteiger charge is -2.33. The third-order valence-corrected chi connectivity index (χ3v) is 5.90. The van der Waals surface area contributed by atoms with Crippen molar-refractivity contribution in [1.82, 2.24) is 9.21 Å². The number of furan rings is 1. The number of nitro groups is 1. The summed E-state index contributed by atoms with van der Waals surface area (Å²) >= 11 is 0. The molecule has 1 aliphatic heterocycles. The Morgan fingerprint density at radius 2 is 1.88 bits per heavy atom. The van der Waals surface area contributed by atoms with E-state index in [-0.39, 0.29) is 42.7 Å². The van der Waals surface area contributed by atoms with Crippen molar-refractivity contribution in [2.75, 3.05) is 26.2 Å². The molecule has 3 rings (SSSR count). The molecule has 0 aliphatic carbocycles. The summed E-state index contributed by atoms with van der Waals surface area (Å²) in [4.78, 5) is 23.1. The van der Waals surface area contributed by atoms with E-state index in [2.05, 4.69) is 0 Å². The highest BCUT2D eigenvalue weighted by molar-refractivity contribution is 7.89. The molecule has 9 nitrogen and oxygen atoms in total. The van der Waals surface area contributed by atoms with Gasteiger partial charge in [-0.3, -0.25) is 14.9 Å². The van der Waals surface area contributed by atoms with Gasteiger partial charge in [-0.15, -0.1) is 0 Å². The van der Waals surface area contributed by atoms with Gasteiger partial charge in [0.15, 0.2) is 5.76 Å². The van der Waals surface area contributed by atoms with Gasteiger partial charge in [0, 0.05) is 32.2 Å². The second-order valence-electron chi connectivity index (χ2n) is 5.54. The molecule has 1 aliphatic rings. The Kier molecular flexibility index (Phi) is 4.74. The van der Waals surface area contributed by atoms with Gasteiger partial charge in [-0.05, 0) is 24.3 Å². The predicted octanol–water partition coefficient (Wildman–Crippen LogP) is 1.47. The van der Waals surface area contributed by atoms with E-state index in [9.17, 15) is 27.7 Å². The Labute approximate surface area is 147 Å². The summed E-state index contributed by atoms with van der Waals surface area (Å²) in [6, 6.07) is 5.53. The van der Waals surface area contributed by atoms with Gasteiger partial charge in [-0.2, -0.15) is 8.70 Å². The first-order chi connectivity index (χ1) is 12.3. The van der Waals surface area contributed by atoms with Crippen molar-refractivity contribution >= 4 is 21.6 Å². The molecule has 1 saturated heterocycles. The zero-order valence-electron chi connectivity index (χ0n) is 13.4. The van der Waals surface area contributed by atoms with Gasteiger partial charge in [0.1, 0.15) is 0 Å². The van der Waals surface area contributed by atoms with Gasteiger partial charge in [0.25, 0.3) is 5.91 Å². The van der Waals surface area contributed by atoms with Crippen LogP contribution in [0.5, 0.6) is 0 Å². The number of rotatable bonds is 4. The maximum absolute atomic E-state index is 13.4. The third-order valence-electron chi connectivity index (χ3n) is 4.01. The molecule has 1 aromatic carbocycles. The average molecular weight is 383 g/mol. The second-order valence-corrected chi connectivity index (χ2v) is 7.48. The van der Waals surface area contributed by atoms with Crippen molar-refractivity contribution in [3.05, 3.63) is 58.3 Å². The van der Waals surface area contributed by atoms with E-state index in [1.54, 1.807) is 6.07 Å². The lowest BCUT2D eigenvalue weighted by molar-refractivity contribution is -0.387. The molecule has 2 aromatic rings. The number of benzene rings is 1. The van der Waals surface area contributed by atoms with E-state index in [1.165, 1.54) is 17.2 Å². The van der Waals surface area contributed by atoms with Gasteiger partial charge in [-0.1, -0.05) is 0 Å². The fourth-order valence-corrected chi connectivity index (χ4v) is 4.07. The zero-order chi connectivity index (χ0) is 18.9. The molecule has 0 atom stereocenters. The summed E-state index contributed by atoms with van der Waals surface area (Å²) in [7, 11) is -4.04. The minimum absolute atomic E-state index is 0.0138. The van der Waals surface area contributed by atoms with Gasteiger partial charge in [-0.25, -0.2) is 8.42 Å². The highest BCUT2D eigenvalue weighted by Crippen LogP contribution is 2.25. The highest BCUT2D eigenvalue weighted by Gasteiger charge is 2.32. The smallest absolute Gasteiger partial charge is 0.306 e. The first kappa shape index (κ1) is 18.0. The second kappa shape index (κ2) is 6.84. The van der Waals surface area contributed by atoms with Gasteiger partial charge >= 0.3 is 5.69 Å². The van der Waals surface area contributed by atoms with E-state index >= 15 is 0 Å². The molecule has 0 saturated carbocycles. The van der Waals surface area contributed by atoms with Crippen LogP contribution in [0.1, 0.15) is 10.6 Å². The molecule has 0 N–H and O–H groups in total. The number of hydrogen-bond acceptors (Lipinski definition) is 6. The van der Waals surface area contributed by atoms with Gasteiger partial charge < -0.3 is 9.32 Å². The Balaban J connectivity index is 1.75. The summed E-state index contributed by atoms with van der Waals surface area (Å²) in [5.74, 6) is -1.29. The average Bonchev–Trinajstić information content (AvgIpc) is 3.16. The van der Waals surface area contributed by atoms with Crippen molar-refractivity contribution in [1.29, 1.82) is 0 Å². The molecular weight excluding hydrogens is 369 g/mol. The molecule has 1 amide bonds. The Bertz CT molecular complexity index is 936. The quantitative estimate of drug-likeness (QED) is 0.583. The van der Waals surface area contributed by atoms with Crippen molar-refractivity contribution in [3.8, 4) is 0 Å². The maximum Gasteiger partial charge on any atom is 0.306 e. The van der Waals surface area contributed by atoms with Crippen LogP contribution in [0, 0.1) is 15.9 Å². The lowest BCUT2D eigenvalue weighted by Crippen LogP contribution is -2.50. The minimum Gasteiger partial charge on any atom is -0.459 e. The molecule has 11 heteroatoms. The number of carbonyl (C=O) groups excluding carboxylic acids is 1. The molecular formula is C15H14FN3O6S. The van der Waals surface area contributed by atoms with E-state index in [4.69, 9.17) is 4.42 Å². The summed E-state index contributed by atoms with van der Waals surface area (Å²) in [5, 5.41) is 10.8. The summed E-state index contributed by atoms with van der Waals surface area (Å²) in [6.45, 7) is 0.310. The number of carbonyl (C=O) groups is 1. The monoisotopic (exact) mass is 383 g/mol. The molecule has 2 heterocycles. The topological polar surface area (TPSA) is 114 Å². The number of nitrogens with zero attached hydrogens (tertiary/aromatic N) is 3. The van der Waals surface area contributed by atoms with E-state index in [1.807, 2.05) is 0 Å².